The van der Waals surface area contributed by atoms with Gasteiger partial charge >= 0.3 is 0 Å². The smallest absolute Gasteiger partial charge is 0.148 e. The molecule has 0 unspecified atom stereocenters. The van der Waals surface area contributed by atoms with Crippen molar-refractivity contribution >= 4 is 0 Å². The number of ether oxygens (including phenoxy) is 1. The molecule has 66 valence electrons. The summed E-state index contributed by atoms with van der Waals surface area (Å²) in [5, 5.41) is 0. The monoisotopic (exact) mass is 172 g/mol. The Bertz CT molecular complexity index is 347. The van der Waals surface area contributed by atoms with E-state index in [1.807, 2.05) is 6.07 Å². The molecule has 13 heavy (non-hydrogen) atoms. The summed E-state index contributed by atoms with van der Waals surface area (Å²) in [4.78, 5) is 0. The third-order valence-corrected chi connectivity index (χ3v) is 2.39. The molecule has 1 nitrogen and oxygen atoms in total. The Balaban J connectivity index is 2.17. The van der Waals surface area contributed by atoms with E-state index >= 15 is 0 Å². The molecule has 2 rings (SSSR count). The fraction of sp³-hybridized carbons (Fsp3) is 0.333. The molecule has 1 aliphatic carbocycles. The zero-order valence-electron chi connectivity index (χ0n) is 7.55. The van der Waals surface area contributed by atoms with Gasteiger partial charge in [-0.25, -0.2) is 0 Å². The summed E-state index contributed by atoms with van der Waals surface area (Å²) in [7, 11) is 0. The first kappa shape index (κ1) is 8.19. The fourth-order valence-corrected chi connectivity index (χ4v) is 1.76. The summed E-state index contributed by atoms with van der Waals surface area (Å²) in [5.74, 6) is 3.36. The minimum atomic E-state index is 0.360. The summed E-state index contributed by atoms with van der Waals surface area (Å²) in [6, 6.07) is 6.26. The molecule has 1 heteroatoms. The summed E-state index contributed by atoms with van der Waals surface area (Å²) >= 11 is 0. The zero-order valence-corrected chi connectivity index (χ0v) is 7.55. The molecule has 0 amide bonds. The molecule has 0 N–H and O–H groups in total. The molecule has 1 aromatic carbocycles. The second-order valence-corrected chi connectivity index (χ2v) is 3.28. The number of hydrogen-bond acceptors (Lipinski definition) is 1. The number of fused-ring (bicyclic) bond motifs is 1. The van der Waals surface area contributed by atoms with E-state index in [-0.39, 0.29) is 0 Å². The van der Waals surface area contributed by atoms with E-state index in [0.29, 0.717) is 6.61 Å². The molecule has 0 saturated carbocycles. The summed E-state index contributed by atoms with van der Waals surface area (Å²) in [5.41, 5.74) is 2.89. The standard InChI is InChI=1S/C12H12O/c1-2-8-13-12-7-6-10-4-3-5-11(10)9-12/h1,6-7,9H,3-5,8H2. The van der Waals surface area contributed by atoms with Gasteiger partial charge in [0, 0.05) is 0 Å². The third-order valence-electron chi connectivity index (χ3n) is 2.39. The Hall–Kier alpha value is -1.42. The van der Waals surface area contributed by atoms with Gasteiger partial charge in [0.15, 0.2) is 0 Å². The number of aryl methyl sites for hydroxylation is 2. The third kappa shape index (κ3) is 1.67. The van der Waals surface area contributed by atoms with Crippen LogP contribution >= 0.6 is 0 Å². The summed E-state index contributed by atoms with van der Waals surface area (Å²) < 4.78 is 5.34. The SMILES string of the molecule is C#CCOc1ccc2c(c1)CCC2. The molecular formula is C12H12O. The predicted octanol–water partition coefficient (Wildman–Crippen LogP) is 2.19. The van der Waals surface area contributed by atoms with Gasteiger partial charge in [0.05, 0.1) is 0 Å². The van der Waals surface area contributed by atoms with Crippen LogP contribution in [0.2, 0.25) is 0 Å². The zero-order chi connectivity index (χ0) is 9.10. The quantitative estimate of drug-likeness (QED) is 0.621. The average molecular weight is 172 g/mol. The van der Waals surface area contributed by atoms with Crippen LogP contribution in [-0.2, 0) is 12.8 Å². The van der Waals surface area contributed by atoms with Crippen molar-refractivity contribution in [2.45, 2.75) is 19.3 Å². The van der Waals surface area contributed by atoms with Gasteiger partial charge in [-0.05, 0) is 42.5 Å². The van der Waals surface area contributed by atoms with Crippen molar-refractivity contribution in [3.63, 3.8) is 0 Å². The van der Waals surface area contributed by atoms with Crippen molar-refractivity contribution in [3.05, 3.63) is 29.3 Å². The van der Waals surface area contributed by atoms with Crippen molar-refractivity contribution in [1.29, 1.82) is 0 Å². The molecular weight excluding hydrogens is 160 g/mol. The molecule has 0 heterocycles. The van der Waals surface area contributed by atoms with Crippen LogP contribution in [0.25, 0.3) is 0 Å². The normalized spacial score (nSPS) is 13.5. The first-order valence-corrected chi connectivity index (χ1v) is 4.58. The first-order valence-electron chi connectivity index (χ1n) is 4.58. The average Bonchev–Trinajstić information content (AvgIpc) is 2.61. The fourth-order valence-electron chi connectivity index (χ4n) is 1.76. The second kappa shape index (κ2) is 3.53. The Labute approximate surface area is 78.7 Å². The van der Waals surface area contributed by atoms with Gasteiger partial charge < -0.3 is 4.74 Å². The largest absolute Gasteiger partial charge is 0.481 e. The second-order valence-electron chi connectivity index (χ2n) is 3.28. The van der Waals surface area contributed by atoms with Crippen LogP contribution in [0, 0.1) is 12.3 Å². The van der Waals surface area contributed by atoms with Crippen LogP contribution < -0.4 is 4.74 Å². The Morgan fingerprint density at radius 1 is 1.31 bits per heavy atom. The Morgan fingerprint density at radius 3 is 3.00 bits per heavy atom. The molecule has 0 radical (unpaired) electrons. The Kier molecular flexibility index (Phi) is 2.23. The summed E-state index contributed by atoms with van der Waals surface area (Å²) in [6.45, 7) is 0.360. The maximum atomic E-state index is 5.34. The van der Waals surface area contributed by atoms with Crippen molar-refractivity contribution in [1.82, 2.24) is 0 Å². The van der Waals surface area contributed by atoms with Gasteiger partial charge in [-0.15, -0.1) is 6.42 Å². The van der Waals surface area contributed by atoms with Crippen molar-refractivity contribution in [2.75, 3.05) is 6.61 Å². The van der Waals surface area contributed by atoms with E-state index in [4.69, 9.17) is 11.2 Å². The van der Waals surface area contributed by atoms with E-state index in [1.165, 1.54) is 30.4 Å². The molecule has 0 spiro atoms. The lowest BCUT2D eigenvalue weighted by Crippen LogP contribution is -1.94. The van der Waals surface area contributed by atoms with E-state index in [1.54, 1.807) is 0 Å². The first-order chi connectivity index (χ1) is 6.40. The molecule has 0 aromatic heterocycles. The van der Waals surface area contributed by atoms with E-state index < -0.39 is 0 Å². The van der Waals surface area contributed by atoms with Crippen LogP contribution in [0.3, 0.4) is 0 Å². The van der Waals surface area contributed by atoms with Crippen molar-refractivity contribution in [2.24, 2.45) is 0 Å². The number of benzene rings is 1. The maximum Gasteiger partial charge on any atom is 0.148 e. The lowest BCUT2D eigenvalue weighted by atomic mass is 10.1. The highest BCUT2D eigenvalue weighted by molar-refractivity contribution is 5.38. The lowest BCUT2D eigenvalue weighted by Gasteiger charge is -2.04. The molecule has 0 fully saturated rings. The van der Waals surface area contributed by atoms with Crippen LogP contribution in [0.4, 0.5) is 0 Å². The molecule has 1 aromatic rings. The van der Waals surface area contributed by atoms with Gasteiger partial charge in [-0.1, -0.05) is 12.0 Å². The topological polar surface area (TPSA) is 9.23 Å². The highest BCUT2D eigenvalue weighted by Gasteiger charge is 2.10. The van der Waals surface area contributed by atoms with Crippen LogP contribution in [-0.4, -0.2) is 6.61 Å². The molecule has 0 aliphatic heterocycles. The summed E-state index contributed by atoms with van der Waals surface area (Å²) in [6.07, 6.45) is 8.78. The van der Waals surface area contributed by atoms with Crippen LogP contribution in [0.5, 0.6) is 5.75 Å². The van der Waals surface area contributed by atoms with Gasteiger partial charge in [-0.3, -0.25) is 0 Å². The Morgan fingerprint density at radius 2 is 2.15 bits per heavy atom. The van der Waals surface area contributed by atoms with E-state index in [9.17, 15) is 0 Å². The van der Waals surface area contributed by atoms with Gasteiger partial charge in [0.1, 0.15) is 12.4 Å². The van der Waals surface area contributed by atoms with Gasteiger partial charge in [0.2, 0.25) is 0 Å². The maximum absolute atomic E-state index is 5.34. The highest BCUT2D eigenvalue weighted by atomic mass is 16.5. The van der Waals surface area contributed by atoms with Crippen LogP contribution in [0.1, 0.15) is 17.5 Å². The van der Waals surface area contributed by atoms with Crippen molar-refractivity contribution < 1.29 is 4.74 Å². The van der Waals surface area contributed by atoms with Crippen molar-refractivity contribution in [3.8, 4) is 18.1 Å². The number of hydrogen-bond donors (Lipinski definition) is 0. The predicted molar refractivity (Wildman–Crippen MR) is 52.8 cm³/mol. The van der Waals surface area contributed by atoms with Gasteiger partial charge in [0.25, 0.3) is 0 Å². The lowest BCUT2D eigenvalue weighted by molar-refractivity contribution is 0.370. The van der Waals surface area contributed by atoms with Crippen LogP contribution in [0.15, 0.2) is 18.2 Å². The minimum absolute atomic E-state index is 0.360. The highest BCUT2D eigenvalue weighted by Crippen LogP contribution is 2.25. The minimum Gasteiger partial charge on any atom is -0.481 e. The van der Waals surface area contributed by atoms with E-state index in [0.717, 1.165) is 5.75 Å². The molecule has 0 saturated heterocycles. The van der Waals surface area contributed by atoms with Gasteiger partial charge in [-0.2, -0.15) is 0 Å². The van der Waals surface area contributed by atoms with E-state index in [2.05, 4.69) is 18.1 Å². The number of rotatable bonds is 2. The number of terminal acetylenes is 1. The molecule has 0 atom stereocenters. The molecule has 0 bridgehead atoms. The molecule has 1 aliphatic rings.